The molecule has 1 fully saturated rings. The van der Waals surface area contributed by atoms with Crippen molar-refractivity contribution in [1.82, 2.24) is 10.2 Å². The number of ether oxygens (including phenoxy) is 1. The van der Waals surface area contributed by atoms with Gasteiger partial charge < -0.3 is 20.7 Å². The van der Waals surface area contributed by atoms with Gasteiger partial charge in [0.1, 0.15) is 12.4 Å². The Balaban J connectivity index is 1.76. The van der Waals surface area contributed by atoms with Crippen LogP contribution in [0, 0.1) is 0 Å². The molecule has 3 rings (SSSR count). The standard InChI is InChI=1S/C15H21N5O4S/c1-2-17-15(21)20-8-4-5-10(20)9-24-12-7-3-6-11-13(12)14(16)19-25(22,23)18-11/h3,6-7,10,18H,2,4-5,8-9H2,1H3,(H2,16,19)(H,17,21)/t10-/m1/s1. The molecule has 4 N–H and O–H groups in total. The molecule has 2 aliphatic rings. The fraction of sp³-hybridized carbons (Fsp3) is 0.467. The van der Waals surface area contributed by atoms with Crippen LogP contribution < -0.4 is 20.5 Å². The number of carbonyl (C=O) groups is 1. The zero-order valence-corrected chi connectivity index (χ0v) is 14.7. The molecule has 2 aliphatic heterocycles. The van der Waals surface area contributed by atoms with Crippen molar-refractivity contribution in [3.05, 3.63) is 23.8 Å². The van der Waals surface area contributed by atoms with Crippen molar-refractivity contribution in [3.8, 4) is 5.75 Å². The third-order valence-corrected chi connectivity index (χ3v) is 5.05. The number of hydrogen-bond acceptors (Lipinski definition) is 5. The van der Waals surface area contributed by atoms with Crippen molar-refractivity contribution >= 4 is 27.8 Å². The summed E-state index contributed by atoms with van der Waals surface area (Å²) < 4.78 is 34.9. The minimum atomic E-state index is -3.82. The van der Waals surface area contributed by atoms with E-state index in [2.05, 4.69) is 14.4 Å². The fourth-order valence-corrected chi connectivity index (χ4v) is 3.90. The fourth-order valence-electron chi connectivity index (χ4n) is 3.05. The highest BCUT2D eigenvalue weighted by Gasteiger charge is 2.30. The Morgan fingerprint density at radius 1 is 1.52 bits per heavy atom. The average molecular weight is 367 g/mol. The van der Waals surface area contributed by atoms with E-state index in [1.807, 2.05) is 6.92 Å². The number of nitrogens with two attached hydrogens (primary N) is 1. The van der Waals surface area contributed by atoms with E-state index >= 15 is 0 Å². The number of hydrogen-bond donors (Lipinski definition) is 3. The molecular weight excluding hydrogens is 346 g/mol. The summed E-state index contributed by atoms with van der Waals surface area (Å²) in [5, 5.41) is 2.80. The first kappa shape index (κ1) is 17.3. The lowest BCUT2D eigenvalue weighted by atomic mass is 10.1. The number of urea groups is 1. The summed E-state index contributed by atoms with van der Waals surface area (Å²) in [6.07, 6.45) is 1.77. The number of rotatable bonds is 4. The van der Waals surface area contributed by atoms with Crippen LogP contribution >= 0.6 is 0 Å². The van der Waals surface area contributed by atoms with E-state index in [1.165, 1.54) is 0 Å². The van der Waals surface area contributed by atoms with E-state index in [9.17, 15) is 13.2 Å². The lowest BCUT2D eigenvalue weighted by Gasteiger charge is -2.26. The van der Waals surface area contributed by atoms with E-state index in [1.54, 1.807) is 23.1 Å². The number of anilines is 1. The van der Waals surface area contributed by atoms with Crippen molar-refractivity contribution < 1.29 is 17.9 Å². The molecule has 0 radical (unpaired) electrons. The van der Waals surface area contributed by atoms with Gasteiger partial charge in [0, 0.05) is 13.1 Å². The average Bonchev–Trinajstić information content (AvgIpc) is 3.00. The highest BCUT2D eigenvalue weighted by atomic mass is 32.2. The molecule has 0 aliphatic carbocycles. The molecule has 1 aromatic carbocycles. The van der Waals surface area contributed by atoms with Gasteiger partial charge in [-0.3, -0.25) is 4.72 Å². The van der Waals surface area contributed by atoms with Gasteiger partial charge >= 0.3 is 16.2 Å². The summed E-state index contributed by atoms with van der Waals surface area (Å²) in [4.78, 5) is 13.8. The zero-order chi connectivity index (χ0) is 18.0. The van der Waals surface area contributed by atoms with Crippen molar-refractivity contribution in [2.45, 2.75) is 25.8 Å². The molecule has 0 spiro atoms. The maximum absolute atomic E-state index is 12.1. The highest BCUT2D eigenvalue weighted by Crippen LogP contribution is 2.31. The van der Waals surface area contributed by atoms with Crippen LogP contribution in [0.1, 0.15) is 25.3 Å². The lowest BCUT2D eigenvalue weighted by Crippen LogP contribution is -2.45. The number of nitrogens with one attached hydrogen (secondary N) is 2. The molecular formula is C15H21N5O4S. The molecule has 0 unspecified atom stereocenters. The van der Waals surface area contributed by atoms with Crippen molar-refractivity contribution in [3.63, 3.8) is 0 Å². The second kappa shape index (κ2) is 6.79. The number of carbonyl (C=O) groups excluding carboxylic acids is 1. The summed E-state index contributed by atoms with van der Waals surface area (Å²) in [6, 6.07) is 4.83. The van der Waals surface area contributed by atoms with Gasteiger partial charge in [-0.05, 0) is 31.9 Å². The van der Waals surface area contributed by atoms with Gasteiger partial charge in [0.25, 0.3) is 0 Å². The maximum Gasteiger partial charge on any atom is 0.344 e. The Morgan fingerprint density at radius 3 is 3.08 bits per heavy atom. The van der Waals surface area contributed by atoms with Crippen molar-refractivity contribution in [2.75, 3.05) is 24.4 Å². The van der Waals surface area contributed by atoms with Crippen LogP contribution in [-0.4, -0.2) is 50.9 Å². The molecule has 9 nitrogen and oxygen atoms in total. The van der Waals surface area contributed by atoms with Gasteiger partial charge in [-0.1, -0.05) is 6.07 Å². The first-order valence-electron chi connectivity index (χ1n) is 8.10. The predicted octanol–water partition coefficient (Wildman–Crippen LogP) is 0.635. The Morgan fingerprint density at radius 2 is 2.32 bits per heavy atom. The molecule has 1 atom stereocenters. The Kier molecular flexibility index (Phi) is 4.71. The number of amides is 2. The van der Waals surface area contributed by atoms with Gasteiger partial charge in [0.15, 0.2) is 5.84 Å². The van der Waals surface area contributed by atoms with E-state index in [-0.39, 0.29) is 17.9 Å². The van der Waals surface area contributed by atoms with Gasteiger partial charge in [0.05, 0.1) is 17.3 Å². The van der Waals surface area contributed by atoms with Crippen molar-refractivity contribution in [1.29, 1.82) is 0 Å². The predicted molar refractivity (Wildman–Crippen MR) is 94.0 cm³/mol. The minimum absolute atomic E-state index is 0.0409. The molecule has 25 heavy (non-hydrogen) atoms. The zero-order valence-electron chi connectivity index (χ0n) is 13.9. The Bertz CT molecular complexity index is 808. The molecule has 1 aromatic rings. The molecule has 0 bridgehead atoms. The van der Waals surface area contributed by atoms with Crippen LogP contribution in [0.2, 0.25) is 0 Å². The van der Waals surface area contributed by atoms with Crippen LogP contribution in [0.25, 0.3) is 0 Å². The second-order valence-corrected chi connectivity index (χ2v) is 7.21. The third-order valence-electron chi connectivity index (χ3n) is 4.14. The monoisotopic (exact) mass is 367 g/mol. The van der Waals surface area contributed by atoms with Crippen molar-refractivity contribution in [2.24, 2.45) is 10.1 Å². The van der Waals surface area contributed by atoms with Gasteiger partial charge in [0.2, 0.25) is 0 Å². The molecule has 136 valence electrons. The summed E-state index contributed by atoms with van der Waals surface area (Å²) in [5.41, 5.74) is 6.55. The second-order valence-electron chi connectivity index (χ2n) is 5.87. The summed E-state index contributed by atoms with van der Waals surface area (Å²) >= 11 is 0. The van der Waals surface area contributed by atoms with Crippen LogP contribution in [0.5, 0.6) is 5.75 Å². The SMILES string of the molecule is CCNC(=O)N1CCC[C@@H]1COc1cccc2c1C(N)=NS(=O)(=O)N2. The minimum Gasteiger partial charge on any atom is -0.491 e. The number of benzene rings is 1. The number of amidine groups is 1. The van der Waals surface area contributed by atoms with E-state index in [0.29, 0.717) is 36.7 Å². The summed E-state index contributed by atoms with van der Waals surface area (Å²) in [5.74, 6) is 0.320. The molecule has 0 saturated carbocycles. The van der Waals surface area contributed by atoms with Gasteiger partial charge in [-0.2, -0.15) is 8.42 Å². The smallest absolute Gasteiger partial charge is 0.344 e. The molecule has 2 amide bonds. The molecule has 1 saturated heterocycles. The third kappa shape index (κ3) is 3.63. The summed E-state index contributed by atoms with van der Waals surface area (Å²) in [7, 11) is -3.82. The number of likely N-dealkylation sites (tertiary alicyclic amines) is 1. The lowest BCUT2D eigenvalue weighted by molar-refractivity contribution is 0.166. The Hall–Kier alpha value is -2.49. The van der Waals surface area contributed by atoms with E-state index < -0.39 is 10.2 Å². The Labute approximate surface area is 146 Å². The van der Waals surface area contributed by atoms with E-state index in [4.69, 9.17) is 10.5 Å². The van der Waals surface area contributed by atoms with E-state index in [0.717, 1.165) is 12.8 Å². The quantitative estimate of drug-likeness (QED) is 0.720. The highest BCUT2D eigenvalue weighted by molar-refractivity contribution is 7.91. The number of fused-ring (bicyclic) bond motifs is 1. The van der Waals surface area contributed by atoms with Gasteiger partial charge in [-0.15, -0.1) is 4.40 Å². The first-order chi connectivity index (χ1) is 11.9. The van der Waals surface area contributed by atoms with Crippen LogP contribution in [0.3, 0.4) is 0 Å². The molecule has 0 aromatic heterocycles. The molecule has 10 heteroatoms. The first-order valence-corrected chi connectivity index (χ1v) is 9.54. The van der Waals surface area contributed by atoms with Gasteiger partial charge in [-0.25, -0.2) is 4.79 Å². The molecule has 2 heterocycles. The summed E-state index contributed by atoms with van der Waals surface area (Å²) in [6.45, 7) is 3.44. The van der Waals surface area contributed by atoms with Crippen LogP contribution in [0.15, 0.2) is 22.6 Å². The van der Waals surface area contributed by atoms with Crippen LogP contribution in [-0.2, 0) is 10.2 Å². The maximum atomic E-state index is 12.1. The topological polar surface area (TPSA) is 126 Å². The van der Waals surface area contributed by atoms with Crippen LogP contribution in [0.4, 0.5) is 10.5 Å². The largest absolute Gasteiger partial charge is 0.491 e. The number of nitrogens with zero attached hydrogens (tertiary/aromatic N) is 2. The normalized spacial score (nSPS) is 21.1.